The maximum Gasteiger partial charge on any atom is 0.335 e. The molecule has 0 saturated carbocycles. The van der Waals surface area contributed by atoms with Gasteiger partial charge in [-0.25, -0.2) is 4.79 Å². The molecule has 0 radical (unpaired) electrons. The highest BCUT2D eigenvalue weighted by Gasteiger charge is 2.50. The molecule has 1 rings (SSSR count). The molecule has 0 bridgehead atoms. The maximum absolute atomic E-state index is 13.2. The molecule has 79 heavy (non-hydrogen) atoms. The molecule has 0 aliphatic carbocycles. The molecule has 0 aromatic carbocycles. The third kappa shape index (κ3) is 43.8. The van der Waals surface area contributed by atoms with Crippen LogP contribution in [0, 0.1) is 0 Å². The number of unbranched alkanes of at least 4 members (excludes halogenated alkanes) is 19. The van der Waals surface area contributed by atoms with Crippen molar-refractivity contribution in [2.75, 3.05) is 13.2 Å². The van der Waals surface area contributed by atoms with Crippen molar-refractivity contribution < 1.29 is 58.2 Å². The third-order valence-electron chi connectivity index (χ3n) is 13.3. The van der Waals surface area contributed by atoms with Crippen molar-refractivity contribution in [3.63, 3.8) is 0 Å². The Bertz CT molecular complexity index is 1790. The van der Waals surface area contributed by atoms with Crippen molar-refractivity contribution in [1.29, 1.82) is 0 Å². The Kier molecular flexibility index (Phi) is 49.5. The molecule has 0 spiro atoms. The number of aliphatic carboxylic acids is 1. The van der Waals surface area contributed by atoms with Crippen LogP contribution in [0.2, 0.25) is 0 Å². The fourth-order valence-corrected chi connectivity index (χ4v) is 8.65. The molecule has 1 fully saturated rings. The Morgan fingerprint density at radius 2 is 0.810 bits per heavy atom. The van der Waals surface area contributed by atoms with Crippen LogP contribution in [0.1, 0.15) is 239 Å². The Morgan fingerprint density at radius 1 is 0.430 bits per heavy atom. The van der Waals surface area contributed by atoms with Gasteiger partial charge in [-0.2, -0.15) is 0 Å². The summed E-state index contributed by atoms with van der Waals surface area (Å²) in [6, 6.07) is 0. The van der Waals surface area contributed by atoms with Crippen LogP contribution in [0.4, 0.5) is 0 Å². The number of aliphatic hydroxyl groups is 2. The van der Waals surface area contributed by atoms with Crippen molar-refractivity contribution >= 4 is 23.9 Å². The first-order chi connectivity index (χ1) is 38.6. The highest BCUT2D eigenvalue weighted by Crippen LogP contribution is 2.26. The lowest BCUT2D eigenvalue weighted by Gasteiger charge is -2.40. The van der Waals surface area contributed by atoms with Gasteiger partial charge >= 0.3 is 23.9 Å². The number of rotatable bonds is 51. The third-order valence-corrected chi connectivity index (χ3v) is 13.3. The number of carboxylic acid groups (broad SMARTS) is 1. The molecule has 0 amide bonds. The Hall–Kier alpha value is -4.62. The zero-order valence-electron chi connectivity index (χ0n) is 49.3. The predicted octanol–water partition coefficient (Wildman–Crippen LogP) is 16.2. The summed E-state index contributed by atoms with van der Waals surface area (Å²) in [6.07, 6.45) is 60.5. The standard InChI is InChI=1S/C67H108O12/c1-4-7-10-13-16-19-22-25-28-30-33-35-38-41-44-47-50-53-59(68)75-56-58(77-60(69)54-51-48-45-42-39-37-34-31-29-26-23-20-17-14-11-8-5-2)57-76-67-65(63(72)62(71)64(79-67)66(73)74)78-61(70)55-52-49-46-43-40-36-32-27-24-21-18-15-12-9-6-3/h7-8,10-11,16-17,19-20,25-29,32-33,35,41,44,58,62-65,67,71-72H,4-6,9,12-15,18,21-24,30-31,34,36-40,42-43,45-57H2,1-3H3,(H,73,74)/b10-7-,11-8-,19-16-,20-17-,28-25-,29-26-,32-27-,35-33-,44-41-. The van der Waals surface area contributed by atoms with E-state index >= 15 is 0 Å². The number of ether oxygens (including phenoxy) is 5. The Labute approximate surface area is 478 Å². The van der Waals surface area contributed by atoms with Gasteiger partial charge in [0.15, 0.2) is 24.6 Å². The number of hydrogen-bond donors (Lipinski definition) is 3. The number of aliphatic hydroxyl groups excluding tert-OH is 2. The highest BCUT2D eigenvalue weighted by molar-refractivity contribution is 5.74. The van der Waals surface area contributed by atoms with Gasteiger partial charge in [0.2, 0.25) is 0 Å². The maximum atomic E-state index is 13.2. The predicted molar refractivity (Wildman–Crippen MR) is 321 cm³/mol. The van der Waals surface area contributed by atoms with Crippen molar-refractivity contribution in [3.05, 3.63) is 109 Å². The molecule has 0 aromatic heterocycles. The molecule has 12 heteroatoms. The van der Waals surface area contributed by atoms with Crippen LogP contribution in [0.5, 0.6) is 0 Å². The molecule has 1 saturated heterocycles. The van der Waals surface area contributed by atoms with Gasteiger partial charge in [-0.1, -0.05) is 214 Å². The van der Waals surface area contributed by atoms with Crippen molar-refractivity contribution in [3.8, 4) is 0 Å². The van der Waals surface area contributed by atoms with E-state index in [2.05, 4.69) is 124 Å². The van der Waals surface area contributed by atoms with Crippen LogP contribution in [-0.4, -0.2) is 89.2 Å². The first kappa shape index (κ1) is 72.4. The summed E-state index contributed by atoms with van der Waals surface area (Å²) >= 11 is 0. The zero-order valence-corrected chi connectivity index (χ0v) is 49.3. The average Bonchev–Trinajstić information content (AvgIpc) is 3.46. The monoisotopic (exact) mass is 1100 g/mol. The largest absolute Gasteiger partial charge is 0.479 e. The van der Waals surface area contributed by atoms with E-state index in [0.29, 0.717) is 25.7 Å². The molecule has 1 heterocycles. The molecule has 1 aliphatic rings. The lowest BCUT2D eigenvalue weighted by molar-refractivity contribution is -0.301. The summed E-state index contributed by atoms with van der Waals surface area (Å²) in [4.78, 5) is 51.2. The second kappa shape index (κ2) is 54.0. The lowest BCUT2D eigenvalue weighted by Crippen LogP contribution is -2.61. The van der Waals surface area contributed by atoms with Gasteiger partial charge < -0.3 is 39.0 Å². The fraction of sp³-hybridized carbons (Fsp3) is 0.672. The van der Waals surface area contributed by atoms with Crippen LogP contribution < -0.4 is 0 Å². The average molecular weight is 1110 g/mol. The summed E-state index contributed by atoms with van der Waals surface area (Å²) < 4.78 is 28.4. The minimum absolute atomic E-state index is 0.0392. The Morgan fingerprint density at radius 3 is 1.27 bits per heavy atom. The van der Waals surface area contributed by atoms with Gasteiger partial charge in [0.1, 0.15) is 18.8 Å². The summed E-state index contributed by atoms with van der Waals surface area (Å²) in [5, 5.41) is 31.5. The van der Waals surface area contributed by atoms with Gasteiger partial charge in [-0.3, -0.25) is 14.4 Å². The molecule has 0 aromatic rings. The van der Waals surface area contributed by atoms with Gasteiger partial charge in [-0.15, -0.1) is 0 Å². The highest BCUT2D eigenvalue weighted by atomic mass is 16.7. The van der Waals surface area contributed by atoms with E-state index in [1.54, 1.807) is 0 Å². The second-order valence-corrected chi connectivity index (χ2v) is 20.6. The van der Waals surface area contributed by atoms with E-state index in [1.165, 1.54) is 38.5 Å². The first-order valence-corrected chi connectivity index (χ1v) is 30.9. The molecule has 6 unspecified atom stereocenters. The minimum atomic E-state index is -1.92. The van der Waals surface area contributed by atoms with E-state index in [0.717, 1.165) is 135 Å². The topological polar surface area (TPSA) is 175 Å². The molecular formula is C67H108O12. The number of hydrogen-bond acceptors (Lipinski definition) is 11. The van der Waals surface area contributed by atoms with Gasteiger partial charge in [0, 0.05) is 19.3 Å². The second-order valence-electron chi connectivity index (χ2n) is 20.6. The molecule has 3 N–H and O–H groups in total. The van der Waals surface area contributed by atoms with E-state index in [-0.39, 0.29) is 25.9 Å². The van der Waals surface area contributed by atoms with Crippen LogP contribution in [-0.2, 0) is 42.9 Å². The summed E-state index contributed by atoms with van der Waals surface area (Å²) in [6.45, 7) is 5.71. The number of esters is 3. The van der Waals surface area contributed by atoms with E-state index < -0.39 is 67.3 Å². The number of carbonyl (C=O) groups excluding carboxylic acids is 3. The van der Waals surface area contributed by atoms with Gasteiger partial charge in [0.05, 0.1) is 6.61 Å². The SMILES string of the molecule is CC/C=C\C/C=C\C/C=C\C/C=C\C/C=C\CCCC(=O)OCC(COC1OC(C(=O)O)C(O)C(O)C1OC(=O)CCCCCCC/C=C\CCCCCCCC)OC(=O)CCCCCCCCC/C=C\C/C=C\C/C=C\CC. The molecular weight excluding hydrogens is 997 g/mol. The van der Waals surface area contributed by atoms with Crippen LogP contribution >= 0.6 is 0 Å². The van der Waals surface area contributed by atoms with Crippen molar-refractivity contribution in [2.24, 2.45) is 0 Å². The molecule has 12 nitrogen and oxygen atoms in total. The summed E-state index contributed by atoms with van der Waals surface area (Å²) in [5.74, 6) is -3.23. The van der Waals surface area contributed by atoms with E-state index in [1.807, 2.05) is 6.08 Å². The smallest absolute Gasteiger partial charge is 0.335 e. The lowest BCUT2D eigenvalue weighted by atomic mass is 9.98. The summed E-state index contributed by atoms with van der Waals surface area (Å²) in [5.41, 5.74) is 0. The number of allylic oxidation sites excluding steroid dienone is 18. The molecule has 448 valence electrons. The van der Waals surface area contributed by atoms with Crippen LogP contribution in [0.15, 0.2) is 109 Å². The summed E-state index contributed by atoms with van der Waals surface area (Å²) in [7, 11) is 0. The minimum Gasteiger partial charge on any atom is -0.479 e. The van der Waals surface area contributed by atoms with Crippen LogP contribution in [0.3, 0.4) is 0 Å². The van der Waals surface area contributed by atoms with Crippen molar-refractivity contribution in [1.82, 2.24) is 0 Å². The molecule has 6 atom stereocenters. The molecule has 1 aliphatic heterocycles. The number of carbonyl (C=O) groups is 4. The quantitative estimate of drug-likeness (QED) is 0.0228. The van der Waals surface area contributed by atoms with Crippen LogP contribution in [0.25, 0.3) is 0 Å². The number of carboxylic acids is 1. The van der Waals surface area contributed by atoms with Gasteiger partial charge in [-0.05, 0) is 116 Å². The Balaban J connectivity index is 2.74. The first-order valence-electron chi connectivity index (χ1n) is 30.9. The van der Waals surface area contributed by atoms with E-state index in [9.17, 15) is 34.5 Å². The zero-order chi connectivity index (χ0) is 57.5. The van der Waals surface area contributed by atoms with Gasteiger partial charge in [0.25, 0.3) is 0 Å². The fourth-order valence-electron chi connectivity index (χ4n) is 8.65. The van der Waals surface area contributed by atoms with E-state index in [4.69, 9.17) is 23.7 Å². The normalized spacial score (nSPS) is 18.6. The van der Waals surface area contributed by atoms with Crippen molar-refractivity contribution in [2.45, 2.75) is 276 Å².